The highest BCUT2D eigenvalue weighted by molar-refractivity contribution is 5.89. The monoisotopic (exact) mass is 592 g/mol. The van der Waals surface area contributed by atoms with Gasteiger partial charge in [-0.25, -0.2) is 6.57 Å². The third-order valence-corrected chi connectivity index (χ3v) is 10.2. The lowest BCUT2D eigenvalue weighted by Gasteiger charge is -2.40. The van der Waals surface area contributed by atoms with Gasteiger partial charge in [-0.15, -0.1) is 0 Å². The predicted octanol–water partition coefficient (Wildman–Crippen LogP) is 4.88. The number of hydrogen-bond donors (Lipinski definition) is 0. The van der Waals surface area contributed by atoms with Crippen molar-refractivity contribution in [1.29, 1.82) is 0 Å². The first-order valence-corrected chi connectivity index (χ1v) is 15.9. The van der Waals surface area contributed by atoms with E-state index >= 15 is 0 Å². The second-order valence-electron chi connectivity index (χ2n) is 12.7. The van der Waals surface area contributed by atoms with Gasteiger partial charge in [-0.1, -0.05) is 43.0 Å². The number of aryl methyl sites for hydroxylation is 1. The molecule has 7 rings (SSSR count). The molecule has 5 heterocycles. The number of benzene rings is 2. The summed E-state index contributed by atoms with van der Waals surface area (Å²) in [5, 5.41) is 2.44. The van der Waals surface area contributed by atoms with E-state index in [1.165, 1.54) is 40.8 Å². The molecule has 0 aliphatic carbocycles. The second kappa shape index (κ2) is 11.8. The fourth-order valence-corrected chi connectivity index (χ4v) is 7.96. The smallest absolute Gasteiger partial charge is 0.318 e. The highest BCUT2D eigenvalue weighted by atomic mass is 16.5. The zero-order valence-corrected chi connectivity index (χ0v) is 25.5. The molecule has 3 saturated heterocycles. The molecule has 1 amide bonds. The molecule has 44 heavy (non-hydrogen) atoms. The predicted molar refractivity (Wildman–Crippen MR) is 170 cm³/mol. The minimum absolute atomic E-state index is 0.0863. The van der Waals surface area contributed by atoms with E-state index in [0.29, 0.717) is 45.3 Å². The van der Waals surface area contributed by atoms with Gasteiger partial charge in [0.1, 0.15) is 18.5 Å². The number of anilines is 1. The average molecular weight is 593 g/mol. The van der Waals surface area contributed by atoms with E-state index in [2.05, 4.69) is 64.5 Å². The molecule has 0 spiro atoms. The number of fused-ring (bicyclic) bond motifs is 3. The van der Waals surface area contributed by atoms with Crippen molar-refractivity contribution in [3.63, 3.8) is 0 Å². The lowest BCUT2D eigenvalue weighted by molar-refractivity contribution is -0.128. The van der Waals surface area contributed by atoms with Crippen molar-refractivity contribution in [2.45, 2.75) is 63.3 Å². The maximum absolute atomic E-state index is 12.6. The van der Waals surface area contributed by atoms with Crippen molar-refractivity contribution in [1.82, 2.24) is 19.8 Å². The molecule has 1 unspecified atom stereocenters. The number of ether oxygens (including phenoxy) is 2. The van der Waals surface area contributed by atoms with Crippen molar-refractivity contribution >= 4 is 22.5 Å². The summed E-state index contributed by atoms with van der Waals surface area (Å²) < 4.78 is 13.1. The first-order valence-electron chi connectivity index (χ1n) is 15.9. The maximum atomic E-state index is 12.6. The SMILES string of the molecule is [C-]#[N+]C[C@H]1CN(c2nc(OCC34CCCN3CCC4)nc3c2COC(c2cccc4cccc(C)c24)C3)CCN1C(=O)C=C. The number of carbonyl (C=O) groups is 1. The molecular weight excluding hydrogens is 552 g/mol. The molecule has 3 aromatic rings. The Hall–Kier alpha value is -4.00. The molecule has 228 valence electrons. The summed E-state index contributed by atoms with van der Waals surface area (Å²) in [7, 11) is 0. The summed E-state index contributed by atoms with van der Waals surface area (Å²) in [6, 6.07) is 13.0. The summed E-state index contributed by atoms with van der Waals surface area (Å²) in [6.45, 7) is 18.4. The van der Waals surface area contributed by atoms with E-state index in [4.69, 9.17) is 26.0 Å². The number of amides is 1. The van der Waals surface area contributed by atoms with Gasteiger partial charge < -0.3 is 24.1 Å². The van der Waals surface area contributed by atoms with Crippen LogP contribution in [0.25, 0.3) is 15.6 Å². The van der Waals surface area contributed by atoms with Crippen LogP contribution in [0.2, 0.25) is 0 Å². The fraction of sp³-hybridized carbons (Fsp3) is 0.486. The Bertz CT molecular complexity index is 1620. The first kappa shape index (κ1) is 28.8. The Morgan fingerprint density at radius 2 is 1.95 bits per heavy atom. The second-order valence-corrected chi connectivity index (χ2v) is 12.7. The van der Waals surface area contributed by atoms with E-state index in [9.17, 15) is 4.79 Å². The summed E-state index contributed by atoms with van der Waals surface area (Å²) in [5.41, 5.74) is 4.41. The summed E-state index contributed by atoms with van der Waals surface area (Å²) >= 11 is 0. The van der Waals surface area contributed by atoms with Crippen LogP contribution in [0.3, 0.4) is 0 Å². The molecule has 0 N–H and O–H groups in total. The molecule has 0 radical (unpaired) electrons. The van der Waals surface area contributed by atoms with Gasteiger partial charge in [0.05, 0.1) is 23.9 Å². The van der Waals surface area contributed by atoms with Crippen molar-refractivity contribution in [3.8, 4) is 6.01 Å². The molecular formula is C35H40N6O3. The lowest BCUT2D eigenvalue weighted by Crippen LogP contribution is -2.56. The zero-order chi connectivity index (χ0) is 30.3. The van der Waals surface area contributed by atoms with Gasteiger partial charge in [-0.05, 0) is 73.7 Å². The summed E-state index contributed by atoms with van der Waals surface area (Å²) in [5.74, 6) is 0.658. The molecule has 1 aromatic heterocycles. The van der Waals surface area contributed by atoms with Crippen LogP contribution in [-0.2, 0) is 22.6 Å². The van der Waals surface area contributed by atoms with Crippen LogP contribution in [0.4, 0.5) is 5.82 Å². The fourth-order valence-electron chi connectivity index (χ4n) is 7.96. The van der Waals surface area contributed by atoms with E-state index in [1.54, 1.807) is 4.90 Å². The Kier molecular flexibility index (Phi) is 7.73. The van der Waals surface area contributed by atoms with Crippen molar-refractivity contribution < 1.29 is 14.3 Å². The highest BCUT2D eigenvalue weighted by Gasteiger charge is 2.45. The van der Waals surface area contributed by atoms with Crippen molar-refractivity contribution in [2.24, 2.45) is 0 Å². The van der Waals surface area contributed by atoms with Crippen LogP contribution in [0.1, 0.15) is 54.2 Å². The van der Waals surface area contributed by atoms with Gasteiger partial charge >= 0.3 is 6.01 Å². The van der Waals surface area contributed by atoms with E-state index < -0.39 is 0 Å². The molecule has 3 fully saturated rings. The van der Waals surface area contributed by atoms with E-state index in [0.717, 1.165) is 43.0 Å². The topological polar surface area (TPSA) is 75.4 Å². The third kappa shape index (κ3) is 5.10. The van der Waals surface area contributed by atoms with Gasteiger partial charge in [0, 0.05) is 31.6 Å². The van der Waals surface area contributed by atoms with Crippen molar-refractivity contribution in [3.05, 3.63) is 82.9 Å². The number of carbonyl (C=O) groups excluding carboxylic acids is 1. The molecule has 2 atom stereocenters. The molecule has 4 aliphatic rings. The minimum Gasteiger partial charge on any atom is -0.461 e. The van der Waals surface area contributed by atoms with Gasteiger partial charge in [0.2, 0.25) is 12.5 Å². The van der Waals surface area contributed by atoms with E-state index in [1.807, 2.05) is 0 Å². The Morgan fingerprint density at radius 1 is 1.16 bits per heavy atom. The van der Waals surface area contributed by atoms with Crippen LogP contribution in [0.5, 0.6) is 6.01 Å². The van der Waals surface area contributed by atoms with Gasteiger partial charge in [0.15, 0.2) is 0 Å². The number of piperazine rings is 1. The first-order chi connectivity index (χ1) is 21.5. The molecule has 9 nitrogen and oxygen atoms in total. The number of rotatable bonds is 7. The maximum Gasteiger partial charge on any atom is 0.318 e. The van der Waals surface area contributed by atoms with Gasteiger partial charge in [-0.2, -0.15) is 9.97 Å². The normalized spacial score (nSPS) is 22.8. The van der Waals surface area contributed by atoms with Gasteiger partial charge in [-0.3, -0.25) is 9.69 Å². The highest BCUT2D eigenvalue weighted by Crippen LogP contribution is 2.41. The van der Waals surface area contributed by atoms with Gasteiger partial charge in [0.25, 0.3) is 0 Å². The largest absolute Gasteiger partial charge is 0.461 e. The van der Waals surface area contributed by atoms with Crippen LogP contribution in [-0.4, -0.2) is 83.1 Å². The van der Waals surface area contributed by atoms with Crippen LogP contribution < -0.4 is 9.64 Å². The van der Waals surface area contributed by atoms with Crippen molar-refractivity contribution in [2.75, 3.05) is 50.8 Å². The third-order valence-electron chi connectivity index (χ3n) is 10.2. The molecule has 0 saturated carbocycles. The number of aromatic nitrogens is 2. The number of nitrogens with zero attached hydrogens (tertiary/aromatic N) is 6. The Labute approximate surface area is 259 Å². The van der Waals surface area contributed by atoms with E-state index in [-0.39, 0.29) is 30.1 Å². The quantitative estimate of drug-likeness (QED) is 0.286. The molecule has 4 aliphatic heterocycles. The summed E-state index contributed by atoms with van der Waals surface area (Å²) in [6.07, 6.45) is 6.53. The number of hydrogen-bond acceptors (Lipinski definition) is 7. The average Bonchev–Trinajstić information content (AvgIpc) is 3.63. The Balaban J connectivity index is 1.23. The Morgan fingerprint density at radius 3 is 2.73 bits per heavy atom. The summed E-state index contributed by atoms with van der Waals surface area (Å²) in [4.78, 5) is 32.8. The minimum atomic E-state index is -0.248. The molecule has 2 aromatic carbocycles. The van der Waals surface area contributed by atoms with Crippen LogP contribution >= 0.6 is 0 Å². The zero-order valence-electron chi connectivity index (χ0n) is 25.5. The van der Waals surface area contributed by atoms with Crippen LogP contribution in [0, 0.1) is 13.5 Å². The standard InChI is InChI=1S/C35H40N6O3/c1-4-31(42)41-18-17-39(21-26(41)20-36-3)33-28-22-43-30(27-12-6-11-25-10-5-9-24(2)32(25)27)19-29(28)37-34(38-33)44-23-35-13-7-15-40(35)16-8-14-35/h4-6,9-12,26,30H,1,7-8,13-23H2,2H3/t26-,30?/m0/s1. The molecule has 9 heteroatoms. The lowest BCUT2D eigenvalue weighted by atomic mass is 9.92. The molecule has 0 bridgehead atoms. The van der Waals surface area contributed by atoms with Crippen LogP contribution in [0.15, 0.2) is 49.1 Å².